The van der Waals surface area contributed by atoms with Gasteiger partial charge in [-0.1, -0.05) is 48.0 Å². The topological polar surface area (TPSA) is 51.1 Å². The van der Waals surface area contributed by atoms with E-state index in [9.17, 15) is 9.59 Å². The van der Waals surface area contributed by atoms with Crippen LogP contribution < -0.4 is 5.32 Å². The van der Waals surface area contributed by atoms with Gasteiger partial charge in [-0.3, -0.25) is 14.2 Å². The molecule has 1 unspecified atom stereocenters. The zero-order chi connectivity index (χ0) is 17.3. The first-order chi connectivity index (χ1) is 11.5. The van der Waals surface area contributed by atoms with Crippen molar-refractivity contribution in [2.75, 3.05) is 0 Å². The molecule has 4 nitrogen and oxygen atoms in total. The number of hydrogen-bond acceptors (Lipinski definition) is 2. The third-order valence-electron chi connectivity index (χ3n) is 4.00. The van der Waals surface area contributed by atoms with Gasteiger partial charge in [0.15, 0.2) is 0 Å². The first-order valence-electron chi connectivity index (χ1n) is 7.64. The molecule has 24 heavy (non-hydrogen) atoms. The SMILES string of the molecule is CC(=O)n1cc(C(=O)NC(C)c2ccccc2)c2ccc(Cl)cc21. The molecule has 0 aliphatic carbocycles. The Labute approximate surface area is 145 Å². The number of carbonyl (C=O) groups excluding carboxylic acids is 2. The van der Waals surface area contributed by atoms with E-state index in [1.54, 1.807) is 24.4 Å². The fraction of sp³-hybridized carbons (Fsp3) is 0.158. The Morgan fingerprint density at radius 1 is 1.12 bits per heavy atom. The smallest absolute Gasteiger partial charge is 0.253 e. The summed E-state index contributed by atoms with van der Waals surface area (Å²) in [5, 5.41) is 4.20. The Hall–Kier alpha value is -2.59. The van der Waals surface area contributed by atoms with Crippen molar-refractivity contribution in [3.63, 3.8) is 0 Å². The summed E-state index contributed by atoms with van der Waals surface area (Å²) in [6, 6.07) is 14.8. The summed E-state index contributed by atoms with van der Waals surface area (Å²) in [5.74, 6) is -0.392. The molecule has 1 aromatic heterocycles. The van der Waals surface area contributed by atoms with Gasteiger partial charge in [0.25, 0.3) is 5.91 Å². The molecule has 0 aliphatic heterocycles. The molecule has 0 saturated carbocycles. The minimum atomic E-state index is -0.223. The zero-order valence-corrected chi connectivity index (χ0v) is 14.2. The number of carbonyl (C=O) groups is 2. The maximum atomic E-state index is 12.7. The van der Waals surface area contributed by atoms with E-state index in [2.05, 4.69) is 5.32 Å². The lowest BCUT2D eigenvalue weighted by Crippen LogP contribution is -2.26. The Bertz CT molecular complexity index is 916. The van der Waals surface area contributed by atoms with Crippen molar-refractivity contribution in [1.29, 1.82) is 0 Å². The zero-order valence-electron chi connectivity index (χ0n) is 13.4. The van der Waals surface area contributed by atoms with Crippen molar-refractivity contribution in [1.82, 2.24) is 9.88 Å². The Kier molecular flexibility index (Phi) is 4.40. The third kappa shape index (κ3) is 3.05. The Morgan fingerprint density at radius 3 is 2.50 bits per heavy atom. The van der Waals surface area contributed by atoms with E-state index >= 15 is 0 Å². The lowest BCUT2D eigenvalue weighted by atomic mass is 10.1. The molecule has 0 saturated heterocycles. The first-order valence-corrected chi connectivity index (χ1v) is 8.02. The van der Waals surface area contributed by atoms with Gasteiger partial charge in [-0.25, -0.2) is 0 Å². The monoisotopic (exact) mass is 340 g/mol. The van der Waals surface area contributed by atoms with E-state index in [4.69, 9.17) is 11.6 Å². The highest BCUT2D eigenvalue weighted by atomic mass is 35.5. The van der Waals surface area contributed by atoms with Gasteiger partial charge in [-0.05, 0) is 24.6 Å². The molecule has 5 heteroatoms. The molecule has 3 aromatic rings. The number of rotatable bonds is 3. The Balaban J connectivity index is 1.97. The summed E-state index contributed by atoms with van der Waals surface area (Å²) in [5.41, 5.74) is 2.11. The van der Waals surface area contributed by atoms with Crippen LogP contribution in [0.4, 0.5) is 0 Å². The van der Waals surface area contributed by atoms with E-state index in [-0.39, 0.29) is 17.9 Å². The maximum Gasteiger partial charge on any atom is 0.253 e. The van der Waals surface area contributed by atoms with E-state index in [0.29, 0.717) is 21.5 Å². The Morgan fingerprint density at radius 2 is 1.83 bits per heavy atom. The highest BCUT2D eigenvalue weighted by Gasteiger charge is 2.19. The molecule has 1 heterocycles. The van der Waals surface area contributed by atoms with Gasteiger partial charge in [0.1, 0.15) is 0 Å². The molecule has 0 radical (unpaired) electrons. The van der Waals surface area contributed by atoms with Crippen LogP contribution in [0.25, 0.3) is 10.9 Å². The molecule has 2 aromatic carbocycles. The number of halogens is 1. The standard InChI is InChI=1S/C19H17ClN2O2/c1-12(14-6-4-3-5-7-14)21-19(24)17-11-22(13(2)23)18-10-15(20)8-9-16(17)18/h3-12H,1-2H3,(H,21,24). The van der Waals surface area contributed by atoms with Crippen molar-refractivity contribution < 1.29 is 9.59 Å². The van der Waals surface area contributed by atoms with Gasteiger partial charge in [0, 0.05) is 23.5 Å². The van der Waals surface area contributed by atoms with Crippen LogP contribution in [0.1, 0.15) is 40.6 Å². The van der Waals surface area contributed by atoms with Crippen LogP contribution in [-0.2, 0) is 0 Å². The van der Waals surface area contributed by atoms with Crippen molar-refractivity contribution in [2.24, 2.45) is 0 Å². The van der Waals surface area contributed by atoms with E-state index in [0.717, 1.165) is 5.56 Å². The van der Waals surface area contributed by atoms with Crippen molar-refractivity contribution in [3.05, 3.63) is 70.9 Å². The average Bonchev–Trinajstić information content (AvgIpc) is 2.94. The van der Waals surface area contributed by atoms with Crippen molar-refractivity contribution in [3.8, 4) is 0 Å². The lowest BCUT2D eigenvalue weighted by molar-refractivity contribution is 0.0940. The van der Waals surface area contributed by atoms with Gasteiger partial charge in [0.05, 0.1) is 17.1 Å². The van der Waals surface area contributed by atoms with Gasteiger partial charge >= 0.3 is 0 Å². The highest BCUT2D eigenvalue weighted by molar-refractivity contribution is 6.31. The maximum absolute atomic E-state index is 12.7. The second-order valence-corrected chi connectivity index (χ2v) is 6.14. The average molecular weight is 341 g/mol. The van der Waals surface area contributed by atoms with Gasteiger partial charge in [-0.2, -0.15) is 0 Å². The second-order valence-electron chi connectivity index (χ2n) is 5.70. The summed E-state index contributed by atoms with van der Waals surface area (Å²) in [6.07, 6.45) is 1.57. The predicted molar refractivity (Wildman–Crippen MR) is 95.6 cm³/mol. The first kappa shape index (κ1) is 16.3. The fourth-order valence-electron chi connectivity index (χ4n) is 2.74. The molecule has 1 amide bonds. The van der Waals surface area contributed by atoms with E-state index in [1.807, 2.05) is 37.3 Å². The fourth-order valence-corrected chi connectivity index (χ4v) is 2.91. The minimum Gasteiger partial charge on any atom is -0.345 e. The minimum absolute atomic E-state index is 0.137. The van der Waals surface area contributed by atoms with E-state index < -0.39 is 0 Å². The molecule has 0 spiro atoms. The van der Waals surface area contributed by atoms with Crippen LogP contribution in [0, 0.1) is 0 Å². The number of hydrogen-bond donors (Lipinski definition) is 1. The van der Waals surface area contributed by atoms with Crippen LogP contribution in [0.15, 0.2) is 54.7 Å². The van der Waals surface area contributed by atoms with E-state index in [1.165, 1.54) is 11.5 Å². The third-order valence-corrected chi connectivity index (χ3v) is 4.23. The lowest BCUT2D eigenvalue weighted by Gasteiger charge is -2.13. The normalized spacial score (nSPS) is 12.1. The van der Waals surface area contributed by atoms with Crippen molar-refractivity contribution in [2.45, 2.75) is 19.9 Å². The van der Waals surface area contributed by atoms with Crippen LogP contribution in [0.5, 0.6) is 0 Å². The molecular formula is C19H17ClN2O2. The largest absolute Gasteiger partial charge is 0.345 e. The van der Waals surface area contributed by atoms with Gasteiger partial charge in [0.2, 0.25) is 5.91 Å². The summed E-state index contributed by atoms with van der Waals surface area (Å²) >= 11 is 6.02. The highest BCUT2D eigenvalue weighted by Crippen LogP contribution is 2.25. The van der Waals surface area contributed by atoms with Crippen LogP contribution in [-0.4, -0.2) is 16.4 Å². The van der Waals surface area contributed by atoms with Gasteiger partial charge < -0.3 is 5.32 Å². The number of fused-ring (bicyclic) bond motifs is 1. The quantitative estimate of drug-likeness (QED) is 0.766. The number of nitrogens with one attached hydrogen (secondary N) is 1. The number of amides is 1. The number of aromatic nitrogens is 1. The molecular weight excluding hydrogens is 324 g/mol. The van der Waals surface area contributed by atoms with Crippen LogP contribution in [0.3, 0.4) is 0 Å². The van der Waals surface area contributed by atoms with Crippen LogP contribution >= 0.6 is 11.6 Å². The van der Waals surface area contributed by atoms with Gasteiger partial charge in [-0.15, -0.1) is 0 Å². The van der Waals surface area contributed by atoms with Crippen LogP contribution in [0.2, 0.25) is 5.02 Å². The predicted octanol–water partition coefficient (Wildman–Crippen LogP) is 4.45. The summed E-state index contributed by atoms with van der Waals surface area (Å²) < 4.78 is 1.45. The van der Waals surface area contributed by atoms with Crippen molar-refractivity contribution >= 4 is 34.3 Å². The molecule has 1 N–H and O–H groups in total. The second kappa shape index (κ2) is 6.49. The summed E-state index contributed by atoms with van der Waals surface area (Å²) in [4.78, 5) is 24.5. The summed E-state index contributed by atoms with van der Waals surface area (Å²) in [6.45, 7) is 3.38. The molecule has 1 atom stereocenters. The molecule has 122 valence electrons. The number of nitrogens with zero attached hydrogens (tertiary/aromatic N) is 1. The number of benzene rings is 2. The summed E-state index contributed by atoms with van der Waals surface area (Å²) in [7, 11) is 0. The molecule has 0 aliphatic rings. The molecule has 3 rings (SSSR count). The molecule has 0 fully saturated rings. The molecule has 0 bridgehead atoms.